The molecule has 1 aliphatic heterocycles. The molecule has 10 heteroatoms. The minimum Gasteiger partial charge on any atom is -0.466 e. The Hall–Kier alpha value is -3.37. The molecule has 31 heavy (non-hydrogen) atoms. The third-order valence-corrected chi connectivity index (χ3v) is 5.40. The molecule has 0 radical (unpaired) electrons. The maximum atomic E-state index is 12.6. The van der Waals surface area contributed by atoms with Gasteiger partial charge < -0.3 is 24.8 Å². The van der Waals surface area contributed by atoms with Gasteiger partial charge in [-0.05, 0) is 36.4 Å². The predicted molar refractivity (Wildman–Crippen MR) is 112 cm³/mol. The first-order valence-electron chi connectivity index (χ1n) is 9.27. The Morgan fingerprint density at radius 3 is 2.52 bits per heavy atom. The number of anilines is 1. The molecule has 3 rings (SSSR count). The van der Waals surface area contributed by atoms with Crippen LogP contribution in [-0.4, -0.2) is 66.8 Å². The quantitative estimate of drug-likeness (QED) is 0.588. The fourth-order valence-corrected chi connectivity index (χ4v) is 3.74. The zero-order valence-electron chi connectivity index (χ0n) is 17.0. The summed E-state index contributed by atoms with van der Waals surface area (Å²) >= 11 is 1.36. The number of methoxy groups -OCH3 is 2. The van der Waals surface area contributed by atoms with Gasteiger partial charge in [0.1, 0.15) is 10.7 Å². The Bertz CT molecular complexity index is 1020. The van der Waals surface area contributed by atoms with Crippen molar-refractivity contribution in [3.05, 3.63) is 59.4 Å². The van der Waals surface area contributed by atoms with Gasteiger partial charge in [0.05, 0.1) is 38.5 Å². The number of benzene rings is 1. The van der Waals surface area contributed by atoms with Gasteiger partial charge in [-0.15, -0.1) is 0 Å². The van der Waals surface area contributed by atoms with Crippen LogP contribution in [0.3, 0.4) is 0 Å². The van der Waals surface area contributed by atoms with E-state index in [1.165, 1.54) is 37.1 Å². The molecule has 0 aliphatic carbocycles. The molecule has 0 unspecified atom stereocenters. The van der Waals surface area contributed by atoms with Crippen LogP contribution in [0.1, 0.15) is 10.4 Å². The summed E-state index contributed by atoms with van der Waals surface area (Å²) in [4.78, 5) is 42.8. The van der Waals surface area contributed by atoms with Crippen LogP contribution >= 0.6 is 11.8 Å². The average Bonchev–Trinajstić information content (AvgIpc) is 3.09. The van der Waals surface area contributed by atoms with E-state index >= 15 is 0 Å². The molecule has 1 aromatic carbocycles. The van der Waals surface area contributed by atoms with Crippen LogP contribution in [0.2, 0.25) is 0 Å². The number of amides is 1. The second-order valence-electron chi connectivity index (χ2n) is 6.42. The van der Waals surface area contributed by atoms with E-state index in [-0.39, 0.29) is 36.9 Å². The van der Waals surface area contributed by atoms with E-state index in [0.29, 0.717) is 16.3 Å². The van der Waals surface area contributed by atoms with Crippen molar-refractivity contribution >= 4 is 35.3 Å². The lowest BCUT2D eigenvalue weighted by Gasteiger charge is -2.15. The van der Waals surface area contributed by atoms with E-state index < -0.39 is 11.9 Å². The highest BCUT2D eigenvalue weighted by atomic mass is 32.2. The Morgan fingerprint density at radius 2 is 1.87 bits per heavy atom. The predicted octanol–water partition coefficient (Wildman–Crippen LogP) is 1.69. The SMILES string of the molecule is COC(=O)C1=C(Nc2ccc(Sc3cc(C(=O)OC)ccn3)cc2)C(=O)N(CCO)C1. The number of hydrogen-bond acceptors (Lipinski definition) is 9. The summed E-state index contributed by atoms with van der Waals surface area (Å²) in [6.07, 6.45) is 1.54. The van der Waals surface area contributed by atoms with E-state index in [1.807, 2.05) is 12.1 Å². The Labute approximate surface area is 183 Å². The molecular formula is C21H21N3O6S. The molecule has 0 saturated heterocycles. The van der Waals surface area contributed by atoms with Crippen molar-refractivity contribution in [1.29, 1.82) is 0 Å². The molecule has 9 nitrogen and oxygen atoms in total. The van der Waals surface area contributed by atoms with Gasteiger partial charge in [0, 0.05) is 23.3 Å². The maximum Gasteiger partial charge on any atom is 0.337 e. The van der Waals surface area contributed by atoms with Crippen LogP contribution < -0.4 is 5.32 Å². The second-order valence-corrected chi connectivity index (χ2v) is 7.52. The zero-order chi connectivity index (χ0) is 22.4. The third kappa shape index (κ3) is 5.22. The van der Waals surface area contributed by atoms with Crippen LogP contribution in [0, 0.1) is 0 Å². The minimum absolute atomic E-state index is 0.0739. The molecule has 2 N–H and O–H groups in total. The summed E-state index contributed by atoms with van der Waals surface area (Å²) in [6.45, 7) is -0.00707. The number of aliphatic hydroxyl groups is 1. The first-order chi connectivity index (χ1) is 15.0. The lowest BCUT2D eigenvalue weighted by Crippen LogP contribution is -2.31. The van der Waals surface area contributed by atoms with Crippen LogP contribution in [0.25, 0.3) is 0 Å². The van der Waals surface area contributed by atoms with Crippen LogP contribution in [0.5, 0.6) is 0 Å². The standard InChI is InChI=1S/C21H21N3O6S/c1-29-20(27)13-7-8-22-17(11-13)31-15-5-3-14(4-6-15)23-18-16(21(28)30-2)12-24(9-10-25)19(18)26/h3-8,11,23,25H,9-10,12H2,1-2H3. The molecule has 0 spiro atoms. The summed E-state index contributed by atoms with van der Waals surface area (Å²) in [5, 5.41) is 12.8. The van der Waals surface area contributed by atoms with Crippen LogP contribution in [-0.2, 0) is 19.1 Å². The fraction of sp³-hybridized carbons (Fsp3) is 0.238. The lowest BCUT2D eigenvalue weighted by atomic mass is 10.2. The van der Waals surface area contributed by atoms with Gasteiger partial charge in [0.25, 0.3) is 5.91 Å². The van der Waals surface area contributed by atoms with Gasteiger partial charge in [0.15, 0.2) is 0 Å². The smallest absolute Gasteiger partial charge is 0.337 e. The van der Waals surface area contributed by atoms with Crippen molar-refractivity contribution in [2.75, 3.05) is 39.2 Å². The molecule has 1 aromatic heterocycles. The van der Waals surface area contributed by atoms with Gasteiger partial charge in [-0.25, -0.2) is 14.6 Å². The minimum atomic E-state index is -0.597. The highest BCUT2D eigenvalue weighted by Gasteiger charge is 2.34. The molecule has 162 valence electrons. The van der Waals surface area contributed by atoms with Crippen molar-refractivity contribution in [3.8, 4) is 0 Å². The number of aromatic nitrogens is 1. The Balaban J connectivity index is 1.74. The molecular weight excluding hydrogens is 422 g/mol. The van der Waals surface area contributed by atoms with Gasteiger partial charge in [-0.2, -0.15) is 0 Å². The number of carbonyl (C=O) groups excluding carboxylic acids is 3. The summed E-state index contributed by atoms with van der Waals surface area (Å²) in [7, 11) is 2.57. The van der Waals surface area contributed by atoms with Crippen molar-refractivity contribution in [2.45, 2.75) is 9.92 Å². The van der Waals surface area contributed by atoms with E-state index in [4.69, 9.17) is 14.6 Å². The first-order valence-corrected chi connectivity index (χ1v) is 10.1. The van der Waals surface area contributed by atoms with Gasteiger partial charge in [-0.1, -0.05) is 11.8 Å². The van der Waals surface area contributed by atoms with Crippen molar-refractivity contribution in [1.82, 2.24) is 9.88 Å². The normalized spacial score (nSPS) is 13.4. The van der Waals surface area contributed by atoms with Crippen LogP contribution in [0.15, 0.2) is 63.8 Å². The molecule has 0 saturated carbocycles. The Morgan fingerprint density at radius 1 is 1.16 bits per heavy atom. The summed E-state index contributed by atoms with van der Waals surface area (Å²) in [5.41, 5.74) is 1.36. The van der Waals surface area contributed by atoms with Gasteiger partial charge >= 0.3 is 11.9 Å². The number of aliphatic hydroxyl groups excluding tert-OH is 1. The highest BCUT2D eigenvalue weighted by molar-refractivity contribution is 7.99. The van der Waals surface area contributed by atoms with Crippen molar-refractivity contribution < 1.29 is 29.0 Å². The molecule has 1 aliphatic rings. The summed E-state index contributed by atoms with van der Waals surface area (Å²) in [6, 6.07) is 10.4. The number of carbonyl (C=O) groups is 3. The summed E-state index contributed by atoms with van der Waals surface area (Å²) in [5.74, 6) is -1.41. The molecule has 2 heterocycles. The van der Waals surface area contributed by atoms with E-state index in [2.05, 4.69) is 10.3 Å². The first kappa shape index (κ1) is 22.3. The maximum absolute atomic E-state index is 12.6. The van der Waals surface area contributed by atoms with Gasteiger partial charge in [-0.3, -0.25) is 4.79 Å². The molecule has 0 fully saturated rings. The lowest BCUT2D eigenvalue weighted by molar-refractivity contribution is -0.136. The number of pyridine rings is 1. The number of nitrogens with zero attached hydrogens (tertiary/aromatic N) is 2. The topological polar surface area (TPSA) is 118 Å². The molecule has 0 atom stereocenters. The number of esters is 2. The second kappa shape index (κ2) is 10.1. The largest absolute Gasteiger partial charge is 0.466 e. The highest BCUT2D eigenvalue weighted by Crippen LogP contribution is 2.29. The van der Waals surface area contributed by atoms with Crippen molar-refractivity contribution in [2.24, 2.45) is 0 Å². The number of ether oxygens (including phenoxy) is 2. The van der Waals surface area contributed by atoms with E-state index in [1.54, 1.807) is 24.3 Å². The summed E-state index contributed by atoms with van der Waals surface area (Å²) < 4.78 is 9.49. The fourth-order valence-electron chi connectivity index (χ4n) is 2.93. The average molecular weight is 443 g/mol. The van der Waals surface area contributed by atoms with E-state index in [9.17, 15) is 14.4 Å². The van der Waals surface area contributed by atoms with Gasteiger partial charge in [0.2, 0.25) is 0 Å². The van der Waals surface area contributed by atoms with E-state index in [0.717, 1.165) is 4.90 Å². The number of nitrogens with one attached hydrogen (secondary N) is 1. The number of hydrogen-bond donors (Lipinski definition) is 2. The number of β-amino-alcohol motifs (C(OH)–C–C–N with tert-alkyl or cyclic N) is 1. The number of rotatable bonds is 8. The van der Waals surface area contributed by atoms with Crippen molar-refractivity contribution in [3.63, 3.8) is 0 Å². The zero-order valence-corrected chi connectivity index (χ0v) is 17.8. The molecule has 0 bridgehead atoms. The Kier molecular flexibility index (Phi) is 7.27. The third-order valence-electron chi connectivity index (χ3n) is 4.46. The van der Waals surface area contributed by atoms with Crippen LogP contribution in [0.4, 0.5) is 5.69 Å². The molecule has 2 aromatic rings. The molecule has 1 amide bonds. The monoisotopic (exact) mass is 443 g/mol.